The van der Waals surface area contributed by atoms with Gasteiger partial charge < -0.3 is 5.73 Å². The molecule has 1 aromatic rings. The van der Waals surface area contributed by atoms with Crippen LogP contribution in [0.1, 0.15) is 38.3 Å². The van der Waals surface area contributed by atoms with Crippen LogP contribution < -0.4 is 5.73 Å². The second-order valence-electron chi connectivity index (χ2n) is 4.15. The van der Waals surface area contributed by atoms with Gasteiger partial charge in [0.15, 0.2) is 17.5 Å². The maximum Gasteiger partial charge on any atom is 0.194 e. The van der Waals surface area contributed by atoms with E-state index in [1.807, 2.05) is 13.8 Å². The van der Waals surface area contributed by atoms with Crippen LogP contribution in [-0.4, -0.2) is 0 Å². The normalized spacial score (nSPS) is 14.9. The summed E-state index contributed by atoms with van der Waals surface area (Å²) in [5.41, 5.74) is 6.11. The van der Waals surface area contributed by atoms with Gasteiger partial charge in [-0.25, -0.2) is 13.2 Å². The fourth-order valence-electron chi connectivity index (χ4n) is 1.53. The number of rotatable bonds is 4. The molecule has 90 valence electrons. The molecule has 0 amide bonds. The average molecular weight is 231 g/mol. The Morgan fingerprint density at radius 2 is 1.69 bits per heavy atom. The number of nitrogens with two attached hydrogens (primary N) is 1. The summed E-state index contributed by atoms with van der Waals surface area (Å²) in [6, 6.07) is 1.47. The molecule has 2 N–H and O–H groups in total. The molecule has 2 atom stereocenters. The van der Waals surface area contributed by atoms with Crippen molar-refractivity contribution in [3.8, 4) is 0 Å². The SMILES string of the molecule is CCC(C)CC(N)c1cc(F)c(F)c(F)c1. The van der Waals surface area contributed by atoms with Crippen molar-refractivity contribution in [2.24, 2.45) is 11.7 Å². The van der Waals surface area contributed by atoms with Gasteiger partial charge in [0, 0.05) is 6.04 Å². The van der Waals surface area contributed by atoms with Gasteiger partial charge in [0.1, 0.15) is 0 Å². The summed E-state index contributed by atoms with van der Waals surface area (Å²) in [6.07, 6.45) is 1.57. The number of hydrogen-bond donors (Lipinski definition) is 1. The molecule has 4 heteroatoms. The predicted octanol–water partition coefficient (Wildman–Crippen LogP) is 3.54. The van der Waals surface area contributed by atoms with Crippen LogP contribution in [0.3, 0.4) is 0 Å². The molecule has 0 aliphatic carbocycles. The Bertz CT molecular complexity index is 342. The fraction of sp³-hybridized carbons (Fsp3) is 0.500. The van der Waals surface area contributed by atoms with E-state index in [2.05, 4.69) is 0 Å². The highest BCUT2D eigenvalue weighted by Gasteiger charge is 2.16. The van der Waals surface area contributed by atoms with Crippen molar-refractivity contribution in [3.63, 3.8) is 0 Å². The van der Waals surface area contributed by atoms with Crippen molar-refractivity contribution >= 4 is 0 Å². The zero-order valence-corrected chi connectivity index (χ0v) is 9.43. The van der Waals surface area contributed by atoms with Crippen LogP contribution in [0.5, 0.6) is 0 Å². The summed E-state index contributed by atoms with van der Waals surface area (Å²) < 4.78 is 38.6. The van der Waals surface area contributed by atoms with E-state index in [-0.39, 0.29) is 0 Å². The molecular weight excluding hydrogens is 215 g/mol. The van der Waals surface area contributed by atoms with Gasteiger partial charge in [0.25, 0.3) is 0 Å². The molecule has 0 saturated carbocycles. The van der Waals surface area contributed by atoms with Crippen molar-refractivity contribution in [2.45, 2.75) is 32.7 Å². The summed E-state index contributed by atoms with van der Waals surface area (Å²) in [6.45, 7) is 4.03. The van der Waals surface area contributed by atoms with Crippen LogP contribution >= 0.6 is 0 Å². The number of hydrogen-bond acceptors (Lipinski definition) is 1. The van der Waals surface area contributed by atoms with Crippen molar-refractivity contribution < 1.29 is 13.2 Å². The third kappa shape index (κ3) is 2.98. The van der Waals surface area contributed by atoms with E-state index >= 15 is 0 Å². The molecule has 0 aromatic heterocycles. The van der Waals surface area contributed by atoms with E-state index in [1.54, 1.807) is 0 Å². The molecule has 0 radical (unpaired) electrons. The second-order valence-corrected chi connectivity index (χ2v) is 4.15. The number of benzene rings is 1. The first-order chi connectivity index (χ1) is 7.45. The van der Waals surface area contributed by atoms with Gasteiger partial charge in [-0.1, -0.05) is 20.3 Å². The Morgan fingerprint density at radius 3 is 2.12 bits per heavy atom. The fourth-order valence-corrected chi connectivity index (χ4v) is 1.53. The minimum absolute atomic E-state index is 0.303. The van der Waals surface area contributed by atoms with E-state index in [4.69, 9.17) is 5.73 Å². The lowest BCUT2D eigenvalue weighted by Crippen LogP contribution is -2.14. The molecule has 16 heavy (non-hydrogen) atoms. The lowest BCUT2D eigenvalue weighted by molar-refractivity contribution is 0.432. The molecule has 0 aliphatic rings. The minimum Gasteiger partial charge on any atom is -0.324 e. The Morgan fingerprint density at radius 1 is 1.19 bits per heavy atom. The highest BCUT2D eigenvalue weighted by Crippen LogP contribution is 2.23. The molecule has 1 rings (SSSR count). The summed E-state index contributed by atoms with van der Waals surface area (Å²) in [5, 5.41) is 0. The zero-order chi connectivity index (χ0) is 12.3. The number of halogens is 3. The van der Waals surface area contributed by atoms with Crippen molar-refractivity contribution in [1.29, 1.82) is 0 Å². The third-order valence-electron chi connectivity index (χ3n) is 2.79. The molecule has 1 nitrogen and oxygen atoms in total. The average Bonchev–Trinajstić information content (AvgIpc) is 2.24. The van der Waals surface area contributed by atoms with Crippen molar-refractivity contribution in [3.05, 3.63) is 35.1 Å². The molecule has 0 saturated heterocycles. The van der Waals surface area contributed by atoms with Crippen LogP contribution in [0.15, 0.2) is 12.1 Å². The summed E-state index contributed by atoms with van der Waals surface area (Å²) >= 11 is 0. The van der Waals surface area contributed by atoms with Crippen LogP contribution in [0.25, 0.3) is 0 Å². The summed E-state index contributed by atoms with van der Waals surface area (Å²) in [4.78, 5) is 0. The van der Waals surface area contributed by atoms with Crippen LogP contribution in [0, 0.1) is 23.4 Å². The van der Waals surface area contributed by atoms with Crippen LogP contribution in [0.2, 0.25) is 0 Å². The second kappa shape index (κ2) is 5.34. The Balaban J connectivity index is 2.88. The highest BCUT2D eigenvalue weighted by atomic mass is 19.2. The quantitative estimate of drug-likeness (QED) is 0.788. The summed E-state index contributed by atoms with van der Waals surface area (Å²) in [5.74, 6) is -3.45. The van der Waals surface area contributed by atoms with Crippen LogP contribution in [0.4, 0.5) is 13.2 Å². The van der Waals surface area contributed by atoms with Gasteiger partial charge in [0.05, 0.1) is 0 Å². The Hall–Kier alpha value is -1.03. The van der Waals surface area contributed by atoms with E-state index < -0.39 is 23.5 Å². The van der Waals surface area contributed by atoms with E-state index in [0.717, 1.165) is 18.6 Å². The maximum absolute atomic E-state index is 12.9. The van der Waals surface area contributed by atoms with Crippen LogP contribution in [-0.2, 0) is 0 Å². The molecule has 2 unspecified atom stereocenters. The van der Waals surface area contributed by atoms with E-state index in [0.29, 0.717) is 17.9 Å². The molecule has 0 spiro atoms. The van der Waals surface area contributed by atoms with Gasteiger partial charge in [-0.3, -0.25) is 0 Å². The van der Waals surface area contributed by atoms with E-state index in [1.165, 1.54) is 0 Å². The van der Waals surface area contributed by atoms with Gasteiger partial charge in [-0.15, -0.1) is 0 Å². The lowest BCUT2D eigenvalue weighted by Gasteiger charge is -2.16. The monoisotopic (exact) mass is 231 g/mol. The lowest BCUT2D eigenvalue weighted by atomic mass is 9.95. The van der Waals surface area contributed by atoms with Crippen molar-refractivity contribution in [2.75, 3.05) is 0 Å². The summed E-state index contributed by atoms with van der Waals surface area (Å²) in [7, 11) is 0. The Kier molecular flexibility index (Phi) is 4.35. The van der Waals surface area contributed by atoms with E-state index in [9.17, 15) is 13.2 Å². The van der Waals surface area contributed by atoms with Gasteiger partial charge in [-0.2, -0.15) is 0 Å². The first-order valence-electron chi connectivity index (χ1n) is 5.35. The standard InChI is InChI=1S/C12H16F3N/c1-3-7(2)4-11(16)8-5-9(13)12(15)10(14)6-8/h5-7,11H,3-4,16H2,1-2H3. The third-order valence-corrected chi connectivity index (χ3v) is 2.79. The minimum atomic E-state index is -1.44. The first kappa shape index (κ1) is 13.0. The molecule has 0 bridgehead atoms. The Labute approximate surface area is 93.5 Å². The molecule has 0 aliphatic heterocycles. The zero-order valence-electron chi connectivity index (χ0n) is 9.43. The van der Waals surface area contributed by atoms with Crippen molar-refractivity contribution in [1.82, 2.24) is 0 Å². The smallest absolute Gasteiger partial charge is 0.194 e. The largest absolute Gasteiger partial charge is 0.324 e. The predicted molar refractivity (Wildman–Crippen MR) is 57.3 cm³/mol. The molecule has 0 heterocycles. The molecule has 1 aromatic carbocycles. The highest BCUT2D eigenvalue weighted by molar-refractivity contribution is 5.22. The molecule has 0 fully saturated rings. The first-order valence-corrected chi connectivity index (χ1v) is 5.35. The topological polar surface area (TPSA) is 26.0 Å². The molecular formula is C12H16F3N. The van der Waals surface area contributed by atoms with Gasteiger partial charge >= 0.3 is 0 Å². The maximum atomic E-state index is 12.9. The van der Waals surface area contributed by atoms with Gasteiger partial charge in [-0.05, 0) is 30.0 Å². The van der Waals surface area contributed by atoms with Gasteiger partial charge in [0.2, 0.25) is 0 Å².